The van der Waals surface area contributed by atoms with Gasteiger partial charge in [-0.1, -0.05) is 29.4 Å². The molecule has 3 rings (SSSR count). The van der Waals surface area contributed by atoms with Crippen LogP contribution in [-0.4, -0.2) is 31.8 Å². The van der Waals surface area contributed by atoms with E-state index in [1.54, 1.807) is 16.7 Å². The van der Waals surface area contributed by atoms with Gasteiger partial charge in [-0.25, -0.2) is 8.42 Å². The fraction of sp³-hybridized carbons (Fsp3) is 0.200. The van der Waals surface area contributed by atoms with Gasteiger partial charge < -0.3 is 9.30 Å². The third-order valence-corrected chi connectivity index (χ3v) is 6.85. The first kappa shape index (κ1) is 19.9. The molecule has 1 amide bonds. The average Bonchev–Trinajstić information content (AvgIpc) is 3.04. The van der Waals surface area contributed by atoms with Crippen molar-refractivity contribution in [3.63, 3.8) is 0 Å². The molecule has 2 aromatic carbocycles. The highest BCUT2D eigenvalue weighted by atomic mass is 32.2. The van der Waals surface area contributed by atoms with Crippen LogP contribution in [0.5, 0.6) is 5.75 Å². The maximum atomic E-state index is 12.4. The lowest BCUT2D eigenvalue weighted by molar-refractivity contribution is -0.117. The van der Waals surface area contributed by atoms with E-state index in [2.05, 4.69) is 10.9 Å². The van der Waals surface area contributed by atoms with Crippen molar-refractivity contribution in [1.29, 1.82) is 0 Å². The molecule has 0 spiro atoms. The van der Waals surface area contributed by atoms with Crippen LogP contribution in [0.15, 0.2) is 58.4 Å². The minimum Gasteiger partial charge on any atom is -0.497 e. The van der Waals surface area contributed by atoms with Gasteiger partial charge in [0.1, 0.15) is 5.75 Å². The molecular weight excluding hydrogens is 396 g/mol. The summed E-state index contributed by atoms with van der Waals surface area (Å²) < 4.78 is 32.6. The number of para-hydroxylation sites is 1. The Balaban J connectivity index is 1.81. The van der Waals surface area contributed by atoms with Crippen LogP contribution in [0.25, 0.3) is 10.2 Å². The third-order valence-electron chi connectivity index (χ3n) is 4.06. The van der Waals surface area contributed by atoms with E-state index in [9.17, 15) is 13.2 Å². The third kappa shape index (κ3) is 4.32. The molecule has 0 unspecified atom stereocenters. The zero-order valence-corrected chi connectivity index (χ0v) is 16.8. The van der Waals surface area contributed by atoms with Gasteiger partial charge in [0, 0.05) is 6.42 Å². The van der Waals surface area contributed by atoms with E-state index >= 15 is 0 Å². The Morgan fingerprint density at radius 1 is 1.21 bits per heavy atom. The molecule has 1 heterocycles. The highest BCUT2D eigenvalue weighted by Crippen LogP contribution is 2.18. The van der Waals surface area contributed by atoms with Gasteiger partial charge in [-0.15, -0.1) is 6.42 Å². The molecule has 3 aromatic rings. The van der Waals surface area contributed by atoms with Crippen molar-refractivity contribution in [2.45, 2.75) is 17.9 Å². The lowest BCUT2D eigenvalue weighted by atomic mass is 10.3. The van der Waals surface area contributed by atoms with Crippen LogP contribution >= 0.6 is 11.3 Å². The number of ether oxygens (including phenoxy) is 1. The number of fused-ring (bicyclic) bond motifs is 1. The number of thiazole rings is 1. The normalized spacial score (nSPS) is 12.1. The van der Waals surface area contributed by atoms with Gasteiger partial charge in [-0.2, -0.15) is 4.99 Å². The predicted molar refractivity (Wildman–Crippen MR) is 109 cm³/mol. The summed E-state index contributed by atoms with van der Waals surface area (Å²) >= 11 is 1.34. The van der Waals surface area contributed by atoms with E-state index in [1.807, 2.05) is 24.3 Å². The molecular formula is C20H18N2O4S2. The van der Waals surface area contributed by atoms with E-state index in [4.69, 9.17) is 11.2 Å². The maximum Gasteiger partial charge on any atom is 0.249 e. The summed E-state index contributed by atoms with van der Waals surface area (Å²) in [6.07, 6.45) is 5.22. The molecule has 0 N–H and O–H groups in total. The van der Waals surface area contributed by atoms with Gasteiger partial charge >= 0.3 is 0 Å². The first-order chi connectivity index (χ1) is 13.4. The fourth-order valence-corrected chi connectivity index (χ4v) is 4.91. The zero-order valence-electron chi connectivity index (χ0n) is 15.2. The molecule has 8 heteroatoms. The fourth-order valence-electron chi connectivity index (χ4n) is 2.64. The minimum atomic E-state index is -3.59. The summed E-state index contributed by atoms with van der Waals surface area (Å²) in [6, 6.07) is 13.7. The molecule has 0 saturated carbocycles. The molecule has 1 aromatic heterocycles. The smallest absolute Gasteiger partial charge is 0.249 e. The Hall–Kier alpha value is -2.89. The molecule has 6 nitrogen and oxygen atoms in total. The second-order valence-electron chi connectivity index (χ2n) is 5.89. The molecule has 0 bridgehead atoms. The molecule has 0 fully saturated rings. The molecule has 0 atom stereocenters. The van der Waals surface area contributed by atoms with Crippen LogP contribution in [0.2, 0.25) is 0 Å². The minimum absolute atomic E-state index is 0.144. The van der Waals surface area contributed by atoms with Crippen molar-refractivity contribution < 1.29 is 17.9 Å². The average molecular weight is 415 g/mol. The SMILES string of the molecule is C#CCn1c(=NC(=O)CCS(=O)(=O)c2ccc(OC)cc2)sc2ccccc21. The van der Waals surface area contributed by atoms with Crippen LogP contribution in [-0.2, 0) is 21.2 Å². The van der Waals surface area contributed by atoms with E-state index in [0.29, 0.717) is 10.6 Å². The Morgan fingerprint density at radius 3 is 2.61 bits per heavy atom. The molecule has 0 aliphatic carbocycles. The van der Waals surface area contributed by atoms with E-state index in [-0.39, 0.29) is 23.6 Å². The maximum absolute atomic E-state index is 12.4. The first-order valence-corrected chi connectivity index (χ1v) is 10.9. The number of amides is 1. The van der Waals surface area contributed by atoms with E-state index in [1.165, 1.54) is 30.6 Å². The highest BCUT2D eigenvalue weighted by Gasteiger charge is 2.17. The number of rotatable bonds is 6. The number of hydrogen-bond acceptors (Lipinski definition) is 5. The van der Waals surface area contributed by atoms with Crippen LogP contribution in [0.1, 0.15) is 6.42 Å². The number of aromatic nitrogens is 1. The second kappa shape index (κ2) is 8.42. The Kier molecular flexibility index (Phi) is 5.97. The number of hydrogen-bond donors (Lipinski definition) is 0. The van der Waals surface area contributed by atoms with Crippen LogP contribution in [0.3, 0.4) is 0 Å². The van der Waals surface area contributed by atoms with Crippen molar-refractivity contribution in [1.82, 2.24) is 4.57 Å². The molecule has 0 saturated heterocycles. The predicted octanol–water partition coefficient (Wildman–Crippen LogP) is 2.64. The number of methoxy groups -OCH3 is 1. The molecule has 28 heavy (non-hydrogen) atoms. The standard InChI is InChI=1S/C20H18N2O4S2/c1-3-13-22-17-6-4-5-7-18(17)27-20(22)21-19(23)12-14-28(24,25)16-10-8-15(26-2)9-11-16/h1,4-11H,12-14H2,2H3. The summed E-state index contributed by atoms with van der Waals surface area (Å²) in [5, 5.41) is 0. The number of terminal acetylenes is 1. The monoisotopic (exact) mass is 414 g/mol. The van der Waals surface area contributed by atoms with Crippen molar-refractivity contribution in [2.75, 3.05) is 12.9 Å². The zero-order chi connectivity index (χ0) is 20.1. The quantitative estimate of drug-likeness (QED) is 0.581. The van der Waals surface area contributed by atoms with Crippen molar-refractivity contribution in [3.8, 4) is 18.1 Å². The van der Waals surface area contributed by atoms with E-state index < -0.39 is 15.7 Å². The molecule has 0 aliphatic rings. The van der Waals surface area contributed by atoms with Gasteiger partial charge in [-0.3, -0.25) is 4.79 Å². The number of nitrogens with zero attached hydrogens (tertiary/aromatic N) is 2. The van der Waals surface area contributed by atoms with Crippen LogP contribution in [0, 0.1) is 12.3 Å². The van der Waals surface area contributed by atoms with Crippen molar-refractivity contribution in [3.05, 3.63) is 53.3 Å². The van der Waals surface area contributed by atoms with Crippen LogP contribution in [0.4, 0.5) is 0 Å². The largest absolute Gasteiger partial charge is 0.497 e. The highest BCUT2D eigenvalue weighted by molar-refractivity contribution is 7.91. The Labute approximate surface area is 167 Å². The van der Waals surface area contributed by atoms with Gasteiger partial charge in [0.15, 0.2) is 14.6 Å². The van der Waals surface area contributed by atoms with Crippen LogP contribution < -0.4 is 9.54 Å². The number of sulfone groups is 1. The summed E-state index contributed by atoms with van der Waals surface area (Å²) in [4.78, 5) is 17.0. The molecule has 0 radical (unpaired) electrons. The van der Waals surface area contributed by atoms with Crippen molar-refractivity contribution >= 4 is 37.3 Å². The first-order valence-electron chi connectivity index (χ1n) is 8.41. The second-order valence-corrected chi connectivity index (χ2v) is 9.01. The lowest BCUT2D eigenvalue weighted by Gasteiger charge is -2.04. The van der Waals surface area contributed by atoms with E-state index in [0.717, 1.165) is 10.2 Å². The summed E-state index contributed by atoms with van der Waals surface area (Å²) in [5.41, 5.74) is 0.892. The lowest BCUT2D eigenvalue weighted by Crippen LogP contribution is -2.18. The van der Waals surface area contributed by atoms with Crippen molar-refractivity contribution in [2.24, 2.45) is 4.99 Å². The summed E-state index contributed by atoms with van der Waals surface area (Å²) in [6.45, 7) is 0.278. The van der Waals surface area contributed by atoms with Gasteiger partial charge in [0.25, 0.3) is 0 Å². The van der Waals surface area contributed by atoms with Gasteiger partial charge in [0.05, 0.1) is 34.5 Å². The Bertz CT molecular complexity index is 1210. The number of benzene rings is 2. The summed E-state index contributed by atoms with van der Waals surface area (Å²) in [5.74, 6) is 2.30. The Morgan fingerprint density at radius 2 is 1.93 bits per heavy atom. The topological polar surface area (TPSA) is 77.7 Å². The van der Waals surface area contributed by atoms with Gasteiger partial charge in [-0.05, 0) is 36.4 Å². The van der Waals surface area contributed by atoms with Gasteiger partial charge in [0.2, 0.25) is 5.91 Å². The molecule has 144 valence electrons. The number of carbonyl (C=O) groups excluding carboxylic acids is 1. The summed E-state index contributed by atoms with van der Waals surface area (Å²) in [7, 11) is -2.09. The molecule has 0 aliphatic heterocycles. The number of carbonyl (C=O) groups is 1.